The van der Waals surface area contributed by atoms with Gasteiger partial charge in [0.25, 0.3) is 0 Å². The highest BCUT2D eigenvalue weighted by Crippen LogP contribution is 2.51. The van der Waals surface area contributed by atoms with Crippen LogP contribution in [0.4, 0.5) is 17.1 Å². The lowest BCUT2D eigenvalue weighted by atomic mass is 9.93. The molecule has 0 atom stereocenters. The van der Waals surface area contributed by atoms with E-state index in [1.54, 1.807) is 0 Å². The first-order chi connectivity index (χ1) is 34.2. The fraction of sp³-hybridized carbons (Fsp3) is 0. The quantitative estimate of drug-likeness (QED) is 0.176. The zero-order chi connectivity index (χ0) is 45.4. The van der Waals surface area contributed by atoms with Crippen molar-refractivity contribution in [3.05, 3.63) is 249 Å². The first kappa shape index (κ1) is 39.0. The van der Waals surface area contributed by atoms with Gasteiger partial charge in [-0.2, -0.15) is 0 Å². The zero-order valence-electron chi connectivity index (χ0n) is 37.4. The molecule has 0 amide bonds. The summed E-state index contributed by atoms with van der Waals surface area (Å²) in [6.45, 7) is 0. The van der Waals surface area contributed by atoms with E-state index in [-0.39, 0.29) is 0 Å². The van der Waals surface area contributed by atoms with Crippen molar-refractivity contribution in [2.45, 2.75) is 0 Å². The Kier molecular flexibility index (Phi) is 8.90. The second-order valence-electron chi connectivity index (χ2n) is 17.9. The minimum atomic E-state index is 0.817. The fourth-order valence-corrected chi connectivity index (χ4v) is 11.0. The van der Waals surface area contributed by atoms with Crippen LogP contribution in [0.25, 0.3) is 109 Å². The normalized spacial score (nSPS) is 11.9. The summed E-state index contributed by atoms with van der Waals surface area (Å²) in [6.07, 6.45) is 0. The van der Waals surface area contributed by atoms with Crippen LogP contribution in [0, 0.1) is 0 Å². The third-order valence-electron chi connectivity index (χ3n) is 14.1. The van der Waals surface area contributed by atoms with Gasteiger partial charge < -0.3 is 14.1 Å². The predicted octanol–water partition coefficient (Wildman–Crippen LogP) is 19.1. The molecule has 0 unspecified atom stereocenters. The second-order valence-corrected chi connectivity index (χ2v) is 17.9. The van der Waals surface area contributed by atoms with Crippen molar-refractivity contribution in [3.8, 4) is 44.9 Å². The molecule has 0 spiro atoms. The molecule has 14 rings (SSSR count). The number of nitrogens with zero attached hydrogens (tertiary/aromatic N) is 1. The molecule has 322 valence electrons. The number of para-hydroxylation sites is 3. The van der Waals surface area contributed by atoms with E-state index in [1.165, 1.54) is 16.2 Å². The van der Waals surface area contributed by atoms with Gasteiger partial charge in [-0.15, -0.1) is 0 Å². The summed E-state index contributed by atoms with van der Waals surface area (Å²) in [6, 6.07) is 89.7. The Labute approximate surface area is 398 Å². The Morgan fingerprint density at radius 1 is 0.275 bits per heavy atom. The first-order valence-electron chi connectivity index (χ1n) is 23.6. The van der Waals surface area contributed by atoms with Gasteiger partial charge in [-0.3, -0.25) is 0 Å². The molecule has 12 aromatic carbocycles. The van der Waals surface area contributed by atoms with Gasteiger partial charge in [-0.1, -0.05) is 194 Å². The number of hydrogen-bond acceptors (Lipinski definition) is 3. The third-order valence-corrected chi connectivity index (χ3v) is 14.1. The highest BCUT2D eigenvalue weighted by molar-refractivity contribution is 6.31. The topological polar surface area (TPSA) is 25.6 Å². The average molecular weight is 880 g/mol. The SMILES string of the molecule is c1ccc(-c2ccccc2N(c2ccc3c(c2)-c2ccccc2-c2ccccc2O3)c2ccc3c4ccccc4c4ccccc4c4ccccc4c4c(ccc5c6ccccc6oc54)c3c2)cc1. The number of anilines is 3. The average Bonchev–Trinajstić information content (AvgIpc) is 3.73. The molecule has 0 saturated carbocycles. The smallest absolute Gasteiger partial charge is 0.143 e. The van der Waals surface area contributed by atoms with Crippen molar-refractivity contribution >= 4 is 92.9 Å². The van der Waals surface area contributed by atoms with Gasteiger partial charge in [0.1, 0.15) is 22.7 Å². The van der Waals surface area contributed by atoms with E-state index in [1.807, 2.05) is 6.07 Å². The molecule has 13 aromatic rings. The monoisotopic (exact) mass is 879 g/mol. The van der Waals surface area contributed by atoms with E-state index in [0.717, 1.165) is 122 Å². The van der Waals surface area contributed by atoms with Crippen LogP contribution in [0.2, 0.25) is 0 Å². The molecule has 1 aliphatic rings. The Morgan fingerprint density at radius 2 is 0.739 bits per heavy atom. The molecule has 0 bridgehead atoms. The summed E-state index contributed by atoms with van der Waals surface area (Å²) in [7, 11) is 0. The summed E-state index contributed by atoms with van der Waals surface area (Å²) in [5, 5.41) is 13.6. The summed E-state index contributed by atoms with van der Waals surface area (Å²) < 4.78 is 13.8. The number of hydrogen-bond donors (Lipinski definition) is 0. The summed E-state index contributed by atoms with van der Waals surface area (Å²) >= 11 is 0. The van der Waals surface area contributed by atoms with Crippen molar-refractivity contribution in [2.75, 3.05) is 4.90 Å². The Hall–Kier alpha value is -9.18. The molecule has 3 nitrogen and oxygen atoms in total. The Balaban J connectivity index is 1.15. The molecule has 0 saturated heterocycles. The second kappa shape index (κ2) is 15.7. The molecular weight excluding hydrogens is 839 g/mol. The molecule has 3 heteroatoms. The molecule has 0 N–H and O–H groups in total. The van der Waals surface area contributed by atoms with Gasteiger partial charge in [0.2, 0.25) is 0 Å². The highest BCUT2D eigenvalue weighted by Gasteiger charge is 2.25. The lowest BCUT2D eigenvalue weighted by Gasteiger charge is -2.29. The molecule has 0 radical (unpaired) electrons. The van der Waals surface area contributed by atoms with Crippen molar-refractivity contribution in [2.24, 2.45) is 0 Å². The summed E-state index contributed by atoms with van der Waals surface area (Å²) in [4.78, 5) is 2.43. The Morgan fingerprint density at radius 3 is 1.46 bits per heavy atom. The van der Waals surface area contributed by atoms with E-state index in [2.05, 4.69) is 248 Å². The number of furan rings is 1. The van der Waals surface area contributed by atoms with Crippen LogP contribution in [0.5, 0.6) is 11.5 Å². The summed E-state index contributed by atoms with van der Waals surface area (Å²) in [5.74, 6) is 1.66. The zero-order valence-corrected chi connectivity index (χ0v) is 37.4. The molecule has 0 fully saturated rings. The maximum Gasteiger partial charge on any atom is 0.143 e. The van der Waals surface area contributed by atoms with E-state index in [9.17, 15) is 0 Å². The van der Waals surface area contributed by atoms with E-state index in [0.29, 0.717) is 0 Å². The largest absolute Gasteiger partial charge is 0.456 e. The lowest BCUT2D eigenvalue weighted by molar-refractivity contribution is 0.488. The van der Waals surface area contributed by atoms with Gasteiger partial charge in [-0.25, -0.2) is 0 Å². The van der Waals surface area contributed by atoms with Gasteiger partial charge in [0, 0.05) is 44.2 Å². The predicted molar refractivity (Wildman–Crippen MR) is 290 cm³/mol. The molecule has 0 aliphatic carbocycles. The van der Waals surface area contributed by atoms with Crippen molar-refractivity contribution in [1.82, 2.24) is 0 Å². The lowest BCUT2D eigenvalue weighted by Crippen LogP contribution is -2.11. The number of rotatable bonds is 4. The van der Waals surface area contributed by atoms with Crippen LogP contribution in [-0.4, -0.2) is 0 Å². The van der Waals surface area contributed by atoms with Gasteiger partial charge in [-0.05, 0) is 120 Å². The Bertz CT molecular complexity index is 4300. The van der Waals surface area contributed by atoms with Crippen LogP contribution in [0.1, 0.15) is 0 Å². The molecule has 1 aliphatic heterocycles. The van der Waals surface area contributed by atoms with Crippen molar-refractivity contribution < 1.29 is 9.15 Å². The summed E-state index contributed by atoms with van der Waals surface area (Å²) in [5.41, 5.74) is 11.5. The number of benzene rings is 11. The van der Waals surface area contributed by atoms with Crippen LogP contribution in [0.3, 0.4) is 0 Å². The number of fused-ring (bicyclic) bond motifs is 19. The van der Waals surface area contributed by atoms with Gasteiger partial charge in [0.15, 0.2) is 0 Å². The minimum absolute atomic E-state index is 0.817. The molecular formula is C66H41NO2. The fourth-order valence-electron chi connectivity index (χ4n) is 11.0. The highest BCUT2D eigenvalue weighted by atomic mass is 16.5. The van der Waals surface area contributed by atoms with Gasteiger partial charge in [0.05, 0.1) is 5.69 Å². The van der Waals surface area contributed by atoms with E-state index < -0.39 is 0 Å². The van der Waals surface area contributed by atoms with E-state index in [4.69, 9.17) is 9.15 Å². The van der Waals surface area contributed by atoms with Crippen LogP contribution in [-0.2, 0) is 0 Å². The maximum absolute atomic E-state index is 7.02. The molecule has 1 aromatic heterocycles. The van der Waals surface area contributed by atoms with Crippen LogP contribution < -0.4 is 9.64 Å². The molecule has 2 heterocycles. The standard InChI is InChI=1S/C66H41NO2/c1-2-18-42(19-3-1)45-20-12-15-31-61(45)67(44-35-39-64-60(41-44)52-27-9-8-25-50(52)54-28-13-16-32-62(54)68-64)43-34-36-53-49-24-7-5-22-47(49)46-21-4-6-23-48(46)51-26-10-11-30-56(51)65-57(59(53)40-43)37-38-58-55-29-14-17-33-63(55)69-66(58)65/h1-41H. The van der Waals surface area contributed by atoms with Crippen LogP contribution >= 0.6 is 0 Å². The van der Waals surface area contributed by atoms with E-state index >= 15 is 0 Å². The maximum atomic E-state index is 7.02. The minimum Gasteiger partial charge on any atom is -0.456 e. The first-order valence-corrected chi connectivity index (χ1v) is 23.6. The van der Waals surface area contributed by atoms with Gasteiger partial charge >= 0.3 is 0 Å². The number of ether oxygens (including phenoxy) is 1. The van der Waals surface area contributed by atoms with Crippen molar-refractivity contribution in [1.29, 1.82) is 0 Å². The molecule has 69 heavy (non-hydrogen) atoms. The van der Waals surface area contributed by atoms with Crippen LogP contribution in [0.15, 0.2) is 253 Å². The van der Waals surface area contributed by atoms with Crippen molar-refractivity contribution in [3.63, 3.8) is 0 Å². The third kappa shape index (κ3) is 6.21.